The fourth-order valence-electron chi connectivity index (χ4n) is 1.83. The van der Waals surface area contributed by atoms with Crippen molar-refractivity contribution < 1.29 is 24.5 Å². The van der Waals surface area contributed by atoms with Crippen LogP contribution in [-0.2, 0) is 9.22 Å². The number of phenolic OH excluding ortho intramolecular Hbond substituents is 2. The molecule has 2 aromatic carbocycles. The highest BCUT2D eigenvalue weighted by Gasteiger charge is 2.14. The third-order valence-electron chi connectivity index (χ3n) is 3.59. The van der Waals surface area contributed by atoms with E-state index in [1.54, 1.807) is 62.4 Å². The molecule has 5 N–H and O–H groups in total. The molecule has 0 radical (unpaired) electrons. The van der Waals surface area contributed by atoms with Gasteiger partial charge in [-0.3, -0.25) is 4.79 Å². The Morgan fingerprint density at radius 1 is 0.964 bits per heavy atom. The lowest BCUT2D eigenvalue weighted by Gasteiger charge is -2.07. The first-order valence-electron chi connectivity index (χ1n) is 9.38. The van der Waals surface area contributed by atoms with E-state index in [4.69, 9.17) is 25.5 Å². The summed E-state index contributed by atoms with van der Waals surface area (Å²) in [5, 5.41) is 25.5. The molecule has 0 spiro atoms. The van der Waals surface area contributed by atoms with Gasteiger partial charge in [0.2, 0.25) is 0 Å². The van der Waals surface area contributed by atoms with Crippen LogP contribution in [0.15, 0.2) is 60.7 Å². The van der Waals surface area contributed by atoms with Crippen LogP contribution in [-0.4, -0.2) is 43.7 Å². The Balaban J connectivity index is 0.000000348. The van der Waals surface area contributed by atoms with Crippen molar-refractivity contribution in [3.8, 4) is 11.5 Å². The van der Waals surface area contributed by atoms with E-state index in [-0.39, 0.29) is 15.7 Å². The second kappa shape index (κ2) is 16.8. The van der Waals surface area contributed by atoms with Gasteiger partial charge in [0.15, 0.2) is 9.76 Å². The third kappa shape index (κ3) is 15.9. The van der Waals surface area contributed by atoms with Crippen molar-refractivity contribution in [3.63, 3.8) is 0 Å². The molecule has 1 aliphatic rings. The van der Waals surface area contributed by atoms with Crippen LogP contribution in [0, 0.1) is 5.92 Å². The van der Waals surface area contributed by atoms with Crippen LogP contribution in [0.4, 0.5) is 0 Å². The largest absolute Gasteiger partial charge is 0.508 e. The fraction of sp³-hybridized carbons (Fsp3) is 0.381. The van der Waals surface area contributed by atoms with Crippen molar-refractivity contribution in [2.75, 3.05) is 6.61 Å². The van der Waals surface area contributed by atoms with Gasteiger partial charge in [0.25, 0.3) is 0 Å². The first-order chi connectivity index (χ1) is 13.3. The van der Waals surface area contributed by atoms with Gasteiger partial charge in [-0.25, -0.2) is 0 Å². The molecule has 0 aliphatic carbocycles. The highest BCUT2D eigenvalue weighted by Crippen LogP contribution is 2.03. The highest BCUT2D eigenvalue weighted by molar-refractivity contribution is 6.27. The SMILES string of the molecule is C1CC[SiH2]OC1.CC(C)[C@H](N)C(=O)O.Oc1ccccc1.Oc1ccccc1. The Labute approximate surface area is 169 Å². The third-order valence-corrected chi connectivity index (χ3v) is 4.96. The van der Waals surface area contributed by atoms with Gasteiger partial charge in [0.05, 0.1) is 0 Å². The molecule has 0 saturated carbocycles. The first kappa shape index (κ1) is 25.6. The van der Waals surface area contributed by atoms with Crippen LogP contribution in [0.3, 0.4) is 0 Å². The molecular weight excluding hydrogens is 374 g/mol. The highest BCUT2D eigenvalue weighted by atomic mass is 28.2. The minimum atomic E-state index is -0.931. The Hall–Kier alpha value is -2.35. The first-order valence-corrected chi connectivity index (χ1v) is 11.0. The number of hydrogen-bond donors (Lipinski definition) is 4. The van der Waals surface area contributed by atoms with E-state index in [0.29, 0.717) is 11.5 Å². The lowest BCUT2D eigenvalue weighted by Crippen LogP contribution is -2.34. The number of carboxylic acid groups (broad SMARTS) is 1. The number of nitrogens with two attached hydrogens (primary N) is 1. The zero-order valence-corrected chi connectivity index (χ0v) is 18.1. The van der Waals surface area contributed by atoms with Crippen LogP contribution >= 0.6 is 0 Å². The Morgan fingerprint density at radius 3 is 1.54 bits per heavy atom. The molecule has 2 aromatic rings. The van der Waals surface area contributed by atoms with E-state index in [2.05, 4.69) is 0 Å². The van der Waals surface area contributed by atoms with Gasteiger partial charge in [-0.1, -0.05) is 56.7 Å². The number of rotatable bonds is 2. The summed E-state index contributed by atoms with van der Waals surface area (Å²) in [6.07, 6.45) is 2.75. The molecular formula is C21H33NO5Si. The number of carboxylic acids is 1. The molecule has 6 nitrogen and oxygen atoms in total. The molecule has 28 heavy (non-hydrogen) atoms. The van der Waals surface area contributed by atoms with Crippen LogP contribution in [0.1, 0.15) is 26.7 Å². The van der Waals surface area contributed by atoms with Gasteiger partial charge in [-0.05, 0) is 42.6 Å². The number of aliphatic carboxylic acids is 1. The van der Waals surface area contributed by atoms with E-state index in [9.17, 15) is 4.79 Å². The fourth-order valence-corrected chi connectivity index (χ4v) is 3.00. The number of hydrogen-bond acceptors (Lipinski definition) is 5. The summed E-state index contributed by atoms with van der Waals surface area (Å²) in [7, 11) is 0.00849. The van der Waals surface area contributed by atoms with Crippen LogP contribution < -0.4 is 5.73 Å². The summed E-state index contributed by atoms with van der Waals surface area (Å²) < 4.78 is 5.21. The molecule has 0 unspecified atom stereocenters. The molecule has 7 heteroatoms. The van der Waals surface area contributed by atoms with E-state index in [1.165, 1.54) is 18.9 Å². The topological polar surface area (TPSA) is 113 Å². The Kier molecular flexibility index (Phi) is 15.4. The normalized spacial score (nSPS) is 14.3. The van der Waals surface area contributed by atoms with Gasteiger partial charge in [-0.2, -0.15) is 0 Å². The van der Waals surface area contributed by atoms with Crippen molar-refractivity contribution in [1.82, 2.24) is 0 Å². The van der Waals surface area contributed by atoms with Crippen molar-refractivity contribution in [1.29, 1.82) is 0 Å². The predicted octanol–water partition coefficient (Wildman–Crippen LogP) is 3.14. The number of phenols is 2. The molecule has 156 valence electrons. The van der Waals surface area contributed by atoms with Gasteiger partial charge in [0, 0.05) is 6.61 Å². The lowest BCUT2D eigenvalue weighted by atomic mass is 10.1. The van der Waals surface area contributed by atoms with Gasteiger partial charge in [0.1, 0.15) is 17.5 Å². The summed E-state index contributed by atoms with van der Waals surface area (Å²) in [4.78, 5) is 10.0. The van der Waals surface area contributed by atoms with Gasteiger partial charge in [-0.15, -0.1) is 0 Å². The average Bonchev–Trinajstić information content (AvgIpc) is 2.71. The summed E-state index contributed by atoms with van der Waals surface area (Å²) >= 11 is 0. The second-order valence-electron chi connectivity index (χ2n) is 6.45. The molecule has 3 rings (SSSR count). The maximum Gasteiger partial charge on any atom is 0.320 e. The van der Waals surface area contributed by atoms with Crippen molar-refractivity contribution in [2.45, 2.75) is 38.8 Å². The number of aromatic hydroxyl groups is 2. The summed E-state index contributed by atoms with van der Waals surface area (Å²) in [5.41, 5.74) is 5.16. The second-order valence-corrected chi connectivity index (χ2v) is 7.98. The Morgan fingerprint density at radius 2 is 1.43 bits per heavy atom. The number of para-hydroxylation sites is 2. The molecule has 1 atom stereocenters. The van der Waals surface area contributed by atoms with Crippen LogP contribution in [0.5, 0.6) is 11.5 Å². The maximum atomic E-state index is 10.0. The van der Waals surface area contributed by atoms with E-state index in [1.807, 2.05) is 12.1 Å². The minimum absolute atomic E-state index is 0.00849. The molecule has 1 fully saturated rings. The molecule has 0 aromatic heterocycles. The van der Waals surface area contributed by atoms with Crippen LogP contribution in [0.25, 0.3) is 0 Å². The summed E-state index contributed by atoms with van der Waals surface area (Å²) in [6, 6.07) is 18.1. The summed E-state index contributed by atoms with van der Waals surface area (Å²) in [5.74, 6) is -0.266. The van der Waals surface area contributed by atoms with Crippen molar-refractivity contribution in [2.24, 2.45) is 11.7 Å². The molecule has 1 saturated heterocycles. The number of carbonyl (C=O) groups is 1. The summed E-state index contributed by atoms with van der Waals surface area (Å²) in [6.45, 7) is 4.61. The lowest BCUT2D eigenvalue weighted by molar-refractivity contribution is -0.139. The zero-order valence-electron chi connectivity index (χ0n) is 16.7. The molecule has 1 aliphatic heterocycles. The standard InChI is InChI=1S/2C6H6O.C5H11NO2.C4H10OSi/c2*7-6-4-2-1-3-5-6;1-3(2)4(6)5(7)8;1-2-4-6-5-3-1/h2*1-5,7H;3-4H,6H2,1-2H3,(H,7,8);1-4,6H2/t;;4-;/m..0./s1. The maximum absolute atomic E-state index is 10.0. The monoisotopic (exact) mass is 407 g/mol. The van der Waals surface area contributed by atoms with Crippen LogP contribution in [0.2, 0.25) is 6.04 Å². The smallest absolute Gasteiger partial charge is 0.320 e. The zero-order chi connectivity index (χ0) is 21.2. The molecule has 0 bridgehead atoms. The quantitative estimate of drug-likeness (QED) is 0.569. The number of benzene rings is 2. The van der Waals surface area contributed by atoms with E-state index >= 15 is 0 Å². The van der Waals surface area contributed by atoms with E-state index < -0.39 is 12.0 Å². The van der Waals surface area contributed by atoms with Gasteiger partial charge >= 0.3 is 5.97 Å². The minimum Gasteiger partial charge on any atom is -0.508 e. The Bertz CT molecular complexity index is 558. The molecule has 1 heterocycles. The predicted molar refractivity (Wildman–Crippen MR) is 115 cm³/mol. The molecule has 0 amide bonds. The van der Waals surface area contributed by atoms with E-state index in [0.717, 1.165) is 6.61 Å². The van der Waals surface area contributed by atoms with Crippen molar-refractivity contribution >= 4 is 15.7 Å². The van der Waals surface area contributed by atoms with Gasteiger partial charge < -0.3 is 25.5 Å². The average molecular weight is 408 g/mol. The van der Waals surface area contributed by atoms with Crippen molar-refractivity contribution in [3.05, 3.63) is 60.7 Å².